The van der Waals surface area contributed by atoms with Crippen LogP contribution in [0.5, 0.6) is 0 Å². The summed E-state index contributed by atoms with van der Waals surface area (Å²) in [5, 5.41) is 6.24. The fourth-order valence-electron chi connectivity index (χ4n) is 2.59. The van der Waals surface area contributed by atoms with Crippen molar-refractivity contribution < 1.29 is 9.18 Å². The number of benzene rings is 2. The summed E-state index contributed by atoms with van der Waals surface area (Å²) in [6.45, 7) is 2.56. The second-order valence-electron chi connectivity index (χ2n) is 5.29. The van der Waals surface area contributed by atoms with Crippen molar-refractivity contribution in [3.63, 3.8) is 0 Å². The molecule has 1 amide bonds. The quantitative estimate of drug-likeness (QED) is 0.882. The lowest BCUT2D eigenvalue weighted by atomic mass is 10.0. The third-order valence-corrected chi connectivity index (χ3v) is 3.74. The van der Waals surface area contributed by atoms with Crippen LogP contribution in [0.2, 0.25) is 0 Å². The van der Waals surface area contributed by atoms with Crippen LogP contribution < -0.4 is 10.6 Å². The summed E-state index contributed by atoms with van der Waals surface area (Å²) in [6.07, 6.45) is 2.11. The standard InChI is InChI=1S/C17H17FN2O/c1-11-10-13(7-8-14(11)18)17(21)20-15-6-2-4-12-5-3-9-19-16(12)15/h2,4,6-8,10,19H,3,5,9H2,1H3,(H,20,21). The van der Waals surface area contributed by atoms with Gasteiger partial charge in [0.15, 0.2) is 0 Å². The number of halogens is 1. The van der Waals surface area contributed by atoms with Crippen molar-refractivity contribution in [3.05, 3.63) is 58.9 Å². The molecule has 0 saturated heterocycles. The largest absolute Gasteiger partial charge is 0.383 e. The fraction of sp³-hybridized carbons (Fsp3) is 0.235. The number of amides is 1. The molecular weight excluding hydrogens is 267 g/mol. The number of para-hydroxylation sites is 1. The minimum Gasteiger partial charge on any atom is -0.383 e. The smallest absolute Gasteiger partial charge is 0.255 e. The van der Waals surface area contributed by atoms with Gasteiger partial charge >= 0.3 is 0 Å². The van der Waals surface area contributed by atoms with Gasteiger partial charge in [-0.3, -0.25) is 4.79 Å². The number of nitrogens with one attached hydrogen (secondary N) is 2. The van der Waals surface area contributed by atoms with E-state index in [2.05, 4.69) is 16.7 Å². The molecular formula is C17H17FN2O. The first-order chi connectivity index (χ1) is 10.1. The summed E-state index contributed by atoms with van der Waals surface area (Å²) in [4.78, 5) is 12.3. The van der Waals surface area contributed by atoms with Crippen LogP contribution in [0.15, 0.2) is 36.4 Å². The monoisotopic (exact) mass is 284 g/mol. The molecule has 108 valence electrons. The first kappa shape index (κ1) is 13.6. The first-order valence-electron chi connectivity index (χ1n) is 7.08. The van der Waals surface area contributed by atoms with Gasteiger partial charge in [0.25, 0.3) is 5.91 Å². The number of anilines is 2. The molecule has 0 aromatic heterocycles. The molecule has 0 aliphatic carbocycles. The SMILES string of the molecule is Cc1cc(C(=O)Nc2cccc3c2NCCC3)ccc1F. The minimum absolute atomic E-state index is 0.223. The van der Waals surface area contributed by atoms with Crippen LogP contribution in [0.25, 0.3) is 0 Å². The van der Waals surface area contributed by atoms with E-state index in [1.54, 1.807) is 13.0 Å². The zero-order valence-electron chi connectivity index (χ0n) is 11.9. The molecule has 21 heavy (non-hydrogen) atoms. The van der Waals surface area contributed by atoms with Gasteiger partial charge in [-0.05, 0) is 55.2 Å². The molecule has 2 aromatic carbocycles. The number of hydrogen-bond acceptors (Lipinski definition) is 2. The zero-order valence-corrected chi connectivity index (χ0v) is 11.9. The number of carbonyl (C=O) groups excluding carboxylic acids is 1. The highest BCUT2D eigenvalue weighted by Crippen LogP contribution is 2.30. The predicted octanol–water partition coefficient (Wildman–Crippen LogP) is 3.74. The highest BCUT2D eigenvalue weighted by atomic mass is 19.1. The molecule has 0 saturated carbocycles. The van der Waals surface area contributed by atoms with Gasteiger partial charge in [0.1, 0.15) is 5.82 Å². The maximum absolute atomic E-state index is 13.3. The van der Waals surface area contributed by atoms with Crippen LogP contribution in [-0.2, 0) is 6.42 Å². The van der Waals surface area contributed by atoms with E-state index in [0.29, 0.717) is 11.1 Å². The molecule has 0 unspecified atom stereocenters. The molecule has 4 heteroatoms. The summed E-state index contributed by atoms with van der Waals surface area (Å²) in [7, 11) is 0. The van der Waals surface area contributed by atoms with Gasteiger partial charge in [-0.2, -0.15) is 0 Å². The Balaban J connectivity index is 1.86. The van der Waals surface area contributed by atoms with E-state index in [1.807, 2.05) is 12.1 Å². The summed E-state index contributed by atoms with van der Waals surface area (Å²) in [5.74, 6) is -0.524. The number of carbonyl (C=O) groups is 1. The lowest BCUT2D eigenvalue weighted by Crippen LogP contribution is -2.17. The average molecular weight is 284 g/mol. The molecule has 0 bridgehead atoms. The Morgan fingerprint density at radius 1 is 1.29 bits per heavy atom. The van der Waals surface area contributed by atoms with Gasteiger partial charge < -0.3 is 10.6 Å². The molecule has 0 radical (unpaired) electrons. The Kier molecular flexibility index (Phi) is 3.60. The van der Waals surface area contributed by atoms with E-state index in [1.165, 1.54) is 17.7 Å². The number of rotatable bonds is 2. The van der Waals surface area contributed by atoms with E-state index in [4.69, 9.17) is 0 Å². The maximum Gasteiger partial charge on any atom is 0.255 e. The third kappa shape index (κ3) is 2.75. The Morgan fingerprint density at radius 3 is 2.95 bits per heavy atom. The summed E-state index contributed by atoms with van der Waals surface area (Å²) in [5.41, 5.74) is 3.92. The van der Waals surface area contributed by atoms with Gasteiger partial charge in [0.2, 0.25) is 0 Å². The van der Waals surface area contributed by atoms with Crippen LogP contribution in [-0.4, -0.2) is 12.5 Å². The van der Waals surface area contributed by atoms with Crippen molar-refractivity contribution in [1.82, 2.24) is 0 Å². The van der Waals surface area contributed by atoms with E-state index in [9.17, 15) is 9.18 Å². The highest BCUT2D eigenvalue weighted by Gasteiger charge is 2.15. The van der Waals surface area contributed by atoms with Gasteiger partial charge in [-0.1, -0.05) is 12.1 Å². The first-order valence-corrected chi connectivity index (χ1v) is 7.08. The van der Waals surface area contributed by atoms with Crippen molar-refractivity contribution in [2.75, 3.05) is 17.2 Å². The third-order valence-electron chi connectivity index (χ3n) is 3.74. The molecule has 0 fully saturated rings. The summed E-state index contributed by atoms with van der Waals surface area (Å²) >= 11 is 0. The molecule has 0 atom stereocenters. The fourth-order valence-corrected chi connectivity index (χ4v) is 2.59. The van der Waals surface area contributed by atoms with Crippen molar-refractivity contribution in [1.29, 1.82) is 0 Å². The molecule has 1 heterocycles. The second kappa shape index (κ2) is 5.56. The lowest BCUT2D eigenvalue weighted by molar-refractivity contribution is 0.102. The Bertz CT molecular complexity index is 697. The zero-order chi connectivity index (χ0) is 14.8. The lowest BCUT2D eigenvalue weighted by Gasteiger charge is -2.21. The van der Waals surface area contributed by atoms with Crippen LogP contribution in [0, 0.1) is 12.7 Å². The number of hydrogen-bond donors (Lipinski definition) is 2. The summed E-state index contributed by atoms with van der Waals surface area (Å²) in [6, 6.07) is 10.3. The minimum atomic E-state index is -0.301. The Hall–Kier alpha value is -2.36. The second-order valence-corrected chi connectivity index (χ2v) is 5.29. The van der Waals surface area contributed by atoms with Crippen molar-refractivity contribution >= 4 is 17.3 Å². The maximum atomic E-state index is 13.3. The molecule has 3 rings (SSSR count). The van der Waals surface area contributed by atoms with E-state index in [0.717, 1.165) is 30.8 Å². The van der Waals surface area contributed by atoms with Gasteiger partial charge in [-0.15, -0.1) is 0 Å². The predicted molar refractivity (Wildman–Crippen MR) is 82.3 cm³/mol. The van der Waals surface area contributed by atoms with Crippen molar-refractivity contribution in [2.24, 2.45) is 0 Å². The molecule has 1 aliphatic rings. The molecule has 3 nitrogen and oxygen atoms in total. The molecule has 2 N–H and O–H groups in total. The molecule has 2 aromatic rings. The van der Waals surface area contributed by atoms with Gasteiger partial charge in [0, 0.05) is 12.1 Å². The summed E-state index contributed by atoms with van der Waals surface area (Å²) < 4.78 is 13.3. The van der Waals surface area contributed by atoms with E-state index < -0.39 is 0 Å². The number of aryl methyl sites for hydroxylation is 2. The molecule has 1 aliphatic heterocycles. The molecule has 0 spiro atoms. The van der Waals surface area contributed by atoms with Crippen LogP contribution >= 0.6 is 0 Å². The average Bonchev–Trinajstić information content (AvgIpc) is 2.50. The van der Waals surface area contributed by atoms with Crippen LogP contribution in [0.1, 0.15) is 27.9 Å². The van der Waals surface area contributed by atoms with Crippen LogP contribution in [0.3, 0.4) is 0 Å². The highest BCUT2D eigenvalue weighted by molar-refractivity contribution is 6.06. The topological polar surface area (TPSA) is 41.1 Å². The van der Waals surface area contributed by atoms with Crippen molar-refractivity contribution in [2.45, 2.75) is 19.8 Å². The van der Waals surface area contributed by atoms with Crippen LogP contribution in [0.4, 0.5) is 15.8 Å². The normalized spacial score (nSPS) is 13.2. The van der Waals surface area contributed by atoms with Gasteiger partial charge in [-0.25, -0.2) is 4.39 Å². The van der Waals surface area contributed by atoms with E-state index in [-0.39, 0.29) is 11.7 Å². The van der Waals surface area contributed by atoms with E-state index >= 15 is 0 Å². The van der Waals surface area contributed by atoms with Gasteiger partial charge in [0.05, 0.1) is 11.4 Å². The Labute approximate surface area is 123 Å². The Morgan fingerprint density at radius 2 is 2.14 bits per heavy atom. The van der Waals surface area contributed by atoms with Crippen molar-refractivity contribution in [3.8, 4) is 0 Å². The number of fused-ring (bicyclic) bond motifs is 1.